The highest BCUT2D eigenvalue weighted by molar-refractivity contribution is 6.40. The second-order valence-corrected chi connectivity index (χ2v) is 6.16. The smallest absolute Gasteiger partial charge is 0.451 e. The molecule has 1 aliphatic carbocycles. The monoisotopic (exact) mass is 272 g/mol. The molecular formula is C12H25BN2O4. The third-order valence-corrected chi connectivity index (χ3v) is 3.85. The molecular weight excluding hydrogens is 247 g/mol. The second-order valence-electron chi connectivity index (χ2n) is 6.16. The summed E-state index contributed by atoms with van der Waals surface area (Å²) in [6.45, 7) is 0.810. The molecule has 0 bridgehead atoms. The Morgan fingerprint density at radius 2 is 1.95 bits per heavy atom. The second kappa shape index (κ2) is 6.70. The van der Waals surface area contributed by atoms with Gasteiger partial charge in [-0.1, -0.05) is 6.42 Å². The molecule has 0 amide bonds. The third kappa shape index (κ3) is 5.10. The Hall–Kier alpha value is -0.625. The van der Waals surface area contributed by atoms with E-state index in [4.69, 9.17) is 15.8 Å². The zero-order chi connectivity index (χ0) is 14.6. The van der Waals surface area contributed by atoms with Crippen molar-refractivity contribution < 1.29 is 19.9 Å². The lowest BCUT2D eigenvalue weighted by molar-refractivity contribution is -0.146. The van der Waals surface area contributed by atoms with Gasteiger partial charge in [-0.25, -0.2) is 0 Å². The van der Waals surface area contributed by atoms with Crippen molar-refractivity contribution in [1.82, 2.24) is 4.90 Å². The van der Waals surface area contributed by atoms with Crippen LogP contribution in [0, 0.1) is 11.8 Å². The number of aliphatic carboxylic acids is 1. The largest absolute Gasteiger partial charge is 0.480 e. The quantitative estimate of drug-likeness (QED) is 0.490. The zero-order valence-electron chi connectivity index (χ0n) is 11.7. The summed E-state index contributed by atoms with van der Waals surface area (Å²) in [7, 11) is 2.59. The molecule has 0 aromatic rings. The number of carboxylic acids is 1. The van der Waals surface area contributed by atoms with E-state index in [9.17, 15) is 9.90 Å². The number of nitrogens with zero attached hydrogens (tertiary/aromatic N) is 1. The van der Waals surface area contributed by atoms with E-state index in [-0.39, 0.29) is 18.2 Å². The van der Waals surface area contributed by atoms with Gasteiger partial charge in [0.05, 0.1) is 0 Å². The summed E-state index contributed by atoms with van der Waals surface area (Å²) in [5, 5.41) is 27.2. The Morgan fingerprint density at radius 1 is 1.37 bits per heavy atom. The van der Waals surface area contributed by atoms with Crippen LogP contribution in [-0.2, 0) is 4.79 Å². The highest BCUT2D eigenvalue weighted by Crippen LogP contribution is 2.37. The molecule has 1 fully saturated rings. The predicted octanol–water partition coefficient (Wildman–Crippen LogP) is -0.391. The van der Waals surface area contributed by atoms with E-state index in [1.807, 2.05) is 19.0 Å². The van der Waals surface area contributed by atoms with Crippen molar-refractivity contribution in [2.75, 3.05) is 20.6 Å². The predicted molar refractivity (Wildman–Crippen MR) is 73.6 cm³/mol. The molecule has 0 heterocycles. The summed E-state index contributed by atoms with van der Waals surface area (Å²) < 4.78 is 0. The molecule has 110 valence electrons. The minimum atomic E-state index is -1.33. The molecule has 19 heavy (non-hydrogen) atoms. The van der Waals surface area contributed by atoms with Gasteiger partial charge in [0.1, 0.15) is 5.54 Å². The van der Waals surface area contributed by atoms with E-state index in [2.05, 4.69) is 0 Å². The lowest BCUT2D eigenvalue weighted by Gasteiger charge is -2.40. The number of hydrogen-bond acceptors (Lipinski definition) is 5. The van der Waals surface area contributed by atoms with Crippen LogP contribution in [-0.4, -0.2) is 59.3 Å². The van der Waals surface area contributed by atoms with Crippen LogP contribution in [0.5, 0.6) is 0 Å². The lowest BCUT2D eigenvalue weighted by Crippen LogP contribution is -2.54. The molecule has 3 unspecified atom stereocenters. The average Bonchev–Trinajstić information content (AvgIpc) is 2.24. The molecule has 1 aliphatic rings. The Morgan fingerprint density at radius 3 is 2.42 bits per heavy atom. The number of nitrogens with two attached hydrogens (primary N) is 1. The first-order valence-electron chi connectivity index (χ1n) is 6.76. The van der Waals surface area contributed by atoms with Crippen LogP contribution in [0.15, 0.2) is 0 Å². The normalized spacial score (nSPS) is 31.5. The highest BCUT2D eigenvalue weighted by atomic mass is 16.4. The first kappa shape index (κ1) is 16.4. The Labute approximate surface area is 114 Å². The van der Waals surface area contributed by atoms with Crippen LogP contribution in [0.25, 0.3) is 0 Å². The van der Waals surface area contributed by atoms with Crippen LogP contribution in [0.1, 0.15) is 25.7 Å². The molecule has 1 saturated carbocycles. The summed E-state index contributed by atoms with van der Waals surface area (Å²) in [4.78, 5) is 13.4. The molecule has 3 atom stereocenters. The summed E-state index contributed by atoms with van der Waals surface area (Å²) in [5.74, 6) is -0.571. The van der Waals surface area contributed by atoms with Crippen molar-refractivity contribution >= 4 is 13.1 Å². The van der Waals surface area contributed by atoms with E-state index >= 15 is 0 Å². The van der Waals surface area contributed by atoms with Gasteiger partial charge in [-0.3, -0.25) is 4.79 Å². The molecule has 0 aromatic carbocycles. The van der Waals surface area contributed by atoms with Gasteiger partial charge in [0.2, 0.25) is 0 Å². The average molecular weight is 272 g/mol. The standard InChI is InChI=1S/C12H25BN2O4/c1-15(2)8-10-5-9(3-4-13(18)19)6-12(14,7-10)11(16)17/h9-10,18-19H,3-8,14H2,1-2H3,(H,16,17). The Kier molecular flexibility index (Phi) is 5.79. The lowest BCUT2D eigenvalue weighted by atomic mass is 9.67. The van der Waals surface area contributed by atoms with Crippen LogP contribution in [0.4, 0.5) is 0 Å². The number of hydrogen-bond donors (Lipinski definition) is 4. The fourth-order valence-electron chi connectivity index (χ4n) is 3.19. The molecule has 7 heteroatoms. The third-order valence-electron chi connectivity index (χ3n) is 3.85. The summed E-state index contributed by atoms with van der Waals surface area (Å²) in [5.41, 5.74) is 4.85. The molecule has 0 saturated heterocycles. The van der Waals surface area contributed by atoms with Gasteiger partial charge in [-0.15, -0.1) is 0 Å². The molecule has 0 spiro atoms. The van der Waals surface area contributed by atoms with Crippen LogP contribution >= 0.6 is 0 Å². The van der Waals surface area contributed by atoms with Gasteiger partial charge in [-0.05, 0) is 51.5 Å². The van der Waals surface area contributed by atoms with Crippen LogP contribution in [0.2, 0.25) is 6.32 Å². The summed E-state index contributed by atoms with van der Waals surface area (Å²) in [6.07, 6.45) is 2.68. The molecule has 0 radical (unpaired) electrons. The van der Waals surface area contributed by atoms with Gasteiger partial charge < -0.3 is 25.8 Å². The molecule has 6 nitrogen and oxygen atoms in total. The minimum Gasteiger partial charge on any atom is -0.480 e. The van der Waals surface area contributed by atoms with E-state index < -0.39 is 18.6 Å². The van der Waals surface area contributed by atoms with Crippen molar-refractivity contribution in [2.24, 2.45) is 17.6 Å². The van der Waals surface area contributed by atoms with Gasteiger partial charge in [-0.2, -0.15) is 0 Å². The maximum atomic E-state index is 11.4. The Balaban J connectivity index is 2.69. The SMILES string of the molecule is CN(C)CC1CC(CCB(O)O)CC(N)(C(=O)O)C1. The summed E-state index contributed by atoms with van der Waals surface area (Å²) >= 11 is 0. The minimum absolute atomic E-state index is 0.140. The van der Waals surface area contributed by atoms with Crippen molar-refractivity contribution in [2.45, 2.75) is 37.5 Å². The van der Waals surface area contributed by atoms with Gasteiger partial charge in [0.25, 0.3) is 0 Å². The topological polar surface area (TPSA) is 107 Å². The number of rotatable bonds is 6. The van der Waals surface area contributed by atoms with Gasteiger partial charge >= 0.3 is 13.1 Å². The van der Waals surface area contributed by atoms with Crippen molar-refractivity contribution in [3.63, 3.8) is 0 Å². The van der Waals surface area contributed by atoms with Gasteiger partial charge in [0.15, 0.2) is 0 Å². The molecule has 5 N–H and O–H groups in total. The van der Waals surface area contributed by atoms with Crippen molar-refractivity contribution in [1.29, 1.82) is 0 Å². The summed E-state index contributed by atoms with van der Waals surface area (Å²) in [6, 6.07) is 0. The number of carbonyl (C=O) groups is 1. The zero-order valence-corrected chi connectivity index (χ0v) is 11.7. The fourth-order valence-corrected chi connectivity index (χ4v) is 3.19. The van der Waals surface area contributed by atoms with Gasteiger partial charge in [0, 0.05) is 6.54 Å². The Bertz CT molecular complexity index is 314. The van der Waals surface area contributed by atoms with Crippen LogP contribution in [0.3, 0.4) is 0 Å². The first-order chi connectivity index (χ1) is 8.73. The van der Waals surface area contributed by atoms with E-state index in [1.54, 1.807) is 0 Å². The maximum Gasteiger partial charge on any atom is 0.451 e. The van der Waals surface area contributed by atoms with E-state index in [0.717, 1.165) is 13.0 Å². The first-order valence-corrected chi connectivity index (χ1v) is 6.76. The maximum absolute atomic E-state index is 11.4. The fraction of sp³-hybridized carbons (Fsp3) is 0.917. The molecule has 0 aromatic heterocycles. The molecule has 1 rings (SSSR count). The van der Waals surface area contributed by atoms with E-state index in [1.165, 1.54) is 0 Å². The van der Waals surface area contributed by atoms with Crippen molar-refractivity contribution in [3.05, 3.63) is 0 Å². The van der Waals surface area contributed by atoms with E-state index in [0.29, 0.717) is 19.3 Å². The molecule has 0 aliphatic heterocycles. The van der Waals surface area contributed by atoms with Crippen molar-refractivity contribution in [3.8, 4) is 0 Å². The highest BCUT2D eigenvalue weighted by Gasteiger charge is 2.43. The number of carboxylic acid groups (broad SMARTS) is 1. The van der Waals surface area contributed by atoms with Crippen LogP contribution < -0.4 is 5.73 Å².